The van der Waals surface area contributed by atoms with E-state index < -0.39 is 11.8 Å². The smallest absolute Gasteiger partial charge is 0.255 e. The second kappa shape index (κ2) is 9.69. The van der Waals surface area contributed by atoms with Gasteiger partial charge in [-0.2, -0.15) is 0 Å². The Kier molecular flexibility index (Phi) is 6.79. The molecular weight excluding hydrogens is 384 g/mol. The number of nitrogens with one attached hydrogen (secondary N) is 2. The summed E-state index contributed by atoms with van der Waals surface area (Å²) < 4.78 is 0. The molecule has 2 aromatic carbocycles. The second-order valence-electron chi connectivity index (χ2n) is 7.02. The van der Waals surface area contributed by atoms with E-state index >= 15 is 0 Å². The van der Waals surface area contributed by atoms with Gasteiger partial charge < -0.3 is 21.3 Å². The minimum atomic E-state index is -0.508. The third-order valence-corrected chi connectivity index (χ3v) is 4.84. The highest BCUT2D eigenvalue weighted by molar-refractivity contribution is 6.09. The zero-order valence-electron chi connectivity index (χ0n) is 16.5. The largest absolute Gasteiger partial charge is 0.370 e. The summed E-state index contributed by atoms with van der Waals surface area (Å²) in [5, 5.41) is 5.35. The Bertz CT molecular complexity index is 956. The molecule has 0 atom stereocenters. The molecule has 0 bridgehead atoms. The summed E-state index contributed by atoms with van der Waals surface area (Å²) in [5.74, 6) is -1.20. The predicted octanol–water partition coefficient (Wildman–Crippen LogP) is 2.06. The van der Waals surface area contributed by atoms with Crippen LogP contribution < -0.4 is 21.3 Å². The summed E-state index contributed by atoms with van der Waals surface area (Å²) in [4.78, 5) is 49.6. The van der Waals surface area contributed by atoms with Crippen LogP contribution >= 0.6 is 0 Å². The molecule has 0 aromatic heterocycles. The number of carbonyl (C=O) groups excluding carboxylic acids is 4. The first-order chi connectivity index (χ1) is 14.5. The fraction of sp³-hybridized carbons (Fsp3) is 0.273. The van der Waals surface area contributed by atoms with Gasteiger partial charge in [0.15, 0.2) is 0 Å². The number of amides is 4. The van der Waals surface area contributed by atoms with Crippen molar-refractivity contribution in [1.82, 2.24) is 5.32 Å². The van der Waals surface area contributed by atoms with Crippen molar-refractivity contribution >= 4 is 35.0 Å². The van der Waals surface area contributed by atoms with Crippen molar-refractivity contribution in [1.29, 1.82) is 0 Å². The summed E-state index contributed by atoms with van der Waals surface area (Å²) in [6, 6.07) is 13.4. The van der Waals surface area contributed by atoms with Crippen LogP contribution in [0.4, 0.5) is 11.4 Å². The van der Waals surface area contributed by atoms with E-state index in [0.717, 1.165) is 18.5 Å². The molecule has 3 rings (SSSR count). The molecule has 1 aliphatic rings. The monoisotopic (exact) mass is 408 g/mol. The van der Waals surface area contributed by atoms with Crippen molar-refractivity contribution < 1.29 is 19.2 Å². The average molecular weight is 408 g/mol. The molecule has 0 spiro atoms. The van der Waals surface area contributed by atoms with Gasteiger partial charge in [0, 0.05) is 37.2 Å². The molecule has 4 N–H and O–H groups in total. The number of nitrogens with zero attached hydrogens (tertiary/aromatic N) is 1. The SMILES string of the molecule is NC(=O)CCNC(=O)c1ccccc1NC(=O)c1ccc(N2CCCCC2=O)cc1. The van der Waals surface area contributed by atoms with Gasteiger partial charge in [0.05, 0.1) is 11.3 Å². The highest BCUT2D eigenvalue weighted by Gasteiger charge is 2.20. The molecule has 8 nitrogen and oxygen atoms in total. The molecule has 1 saturated heterocycles. The number of primary amides is 1. The average Bonchev–Trinajstić information content (AvgIpc) is 2.74. The van der Waals surface area contributed by atoms with E-state index in [-0.39, 0.29) is 30.3 Å². The quantitative estimate of drug-likeness (QED) is 0.649. The fourth-order valence-electron chi connectivity index (χ4n) is 3.25. The molecule has 8 heteroatoms. The molecule has 156 valence electrons. The van der Waals surface area contributed by atoms with Gasteiger partial charge in [-0.3, -0.25) is 19.2 Å². The Morgan fingerprint density at radius 1 is 0.967 bits per heavy atom. The maximum absolute atomic E-state index is 12.7. The van der Waals surface area contributed by atoms with Gasteiger partial charge in [-0.15, -0.1) is 0 Å². The van der Waals surface area contributed by atoms with E-state index in [1.807, 2.05) is 0 Å². The van der Waals surface area contributed by atoms with Crippen molar-refractivity contribution in [3.8, 4) is 0 Å². The van der Waals surface area contributed by atoms with E-state index in [1.54, 1.807) is 53.4 Å². The van der Waals surface area contributed by atoms with Crippen molar-refractivity contribution in [3.05, 3.63) is 59.7 Å². The summed E-state index contributed by atoms with van der Waals surface area (Å²) >= 11 is 0. The Balaban J connectivity index is 1.68. The van der Waals surface area contributed by atoms with Gasteiger partial charge in [0.1, 0.15) is 0 Å². The summed E-state index contributed by atoms with van der Waals surface area (Å²) in [7, 11) is 0. The van der Waals surface area contributed by atoms with E-state index in [4.69, 9.17) is 5.73 Å². The van der Waals surface area contributed by atoms with Crippen molar-refractivity contribution in [2.75, 3.05) is 23.3 Å². The van der Waals surface area contributed by atoms with Gasteiger partial charge in [-0.1, -0.05) is 12.1 Å². The lowest BCUT2D eigenvalue weighted by Gasteiger charge is -2.26. The van der Waals surface area contributed by atoms with Gasteiger partial charge in [-0.05, 0) is 49.2 Å². The Labute approximate surface area is 174 Å². The van der Waals surface area contributed by atoms with Crippen molar-refractivity contribution in [2.24, 2.45) is 5.73 Å². The van der Waals surface area contributed by atoms with E-state index in [0.29, 0.717) is 24.2 Å². The number of benzene rings is 2. The first kappa shape index (κ1) is 21.0. The minimum Gasteiger partial charge on any atom is -0.370 e. The number of piperidine rings is 1. The highest BCUT2D eigenvalue weighted by Crippen LogP contribution is 2.22. The maximum atomic E-state index is 12.7. The Morgan fingerprint density at radius 2 is 1.70 bits per heavy atom. The third kappa shape index (κ3) is 5.22. The lowest BCUT2D eigenvalue weighted by atomic mass is 10.1. The van der Waals surface area contributed by atoms with Crippen LogP contribution in [0.1, 0.15) is 46.4 Å². The van der Waals surface area contributed by atoms with Crippen LogP contribution in [0.3, 0.4) is 0 Å². The molecule has 0 radical (unpaired) electrons. The molecule has 4 amide bonds. The fourth-order valence-corrected chi connectivity index (χ4v) is 3.25. The number of carbonyl (C=O) groups is 4. The molecule has 0 aliphatic carbocycles. The first-order valence-electron chi connectivity index (χ1n) is 9.83. The highest BCUT2D eigenvalue weighted by atomic mass is 16.2. The molecule has 1 fully saturated rings. The van der Waals surface area contributed by atoms with E-state index in [1.165, 1.54) is 0 Å². The maximum Gasteiger partial charge on any atom is 0.255 e. The standard InChI is InChI=1S/C22H24N4O4/c23-19(27)12-13-24-22(30)17-5-1-2-6-18(17)25-21(29)15-8-10-16(11-9-15)26-14-4-3-7-20(26)28/h1-2,5-6,8-11H,3-4,7,12-14H2,(H2,23,27)(H,24,30)(H,25,29). The van der Waals surface area contributed by atoms with E-state index in [2.05, 4.69) is 10.6 Å². The van der Waals surface area contributed by atoms with Gasteiger partial charge in [0.2, 0.25) is 11.8 Å². The Morgan fingerprint density at radius 3 is 2.40 bits per heavy atom. The zero-order chi connectivity index (χ0) is 21.5. The van der Waals surface area contributed by atoms with Crippen LogP contribution in [0.2, 0.25) is 0 Å². The number of para-hydroxylation sites is 1. The summed E-state index contributed by atoms with van der Waals surface area (Å²) in [5.41, 5.74) is 6.89. The lowest BCUT2D eigenvalue weighted by molar-refractivity contribution is -0.119. The van der Waals surface area contributed by atoms with Crippen molar-refractivity contribution in [3.63, 3.8) is 0 Å². The zero-order valence-corrected chi connectivity index (χ0v) is 16.5. The number of rotatable bonds is 7. The first-order valence-corrected chi connectivity index (χ1v) is 9.83. The van der Waals surface area contributed by atoms with Crippen LogP contribution in [0.5, 0.6) is 0 Å². The summed E-state index contributed by atoms with van der Waals surface area (Å²) in [6.07, 6.45) is 2.45. The molecule has 30 heavy (non-hydrogen) atoms. The third-order valence-electron chi connectivity index (χ3n) is 4.84. The number of nitrogens with two attached hydrogens (primary N) is 1. The number of hydrogen-bond acceptors (Lipinski definition) is 4. The molecule has 1 aliphatic heterocycles. The van der Waals surface area contributed by atoms with Gasteiger partial charge in [-0.25, -0.2) is 0 Å². The van der Waals surface area contributed by atoms with E-state index in [9.17, 15) is 19.2 Å². The molecule has 1 heterocycles. The van der Waals surface area contributed by atoms with Gasteiger partial charge >= 0.3 is 0 Å². The van der Waals surface area contributed by atoms with Crippen LogP contribution in [-0.2, 0) is 9.59 Å². The predicted molar refractivity (Wildman–Crippen MR) is 113 cm³/mol. The van der Waals surface area contributed by atoms with Crippen molar-refractivity contribution in [2.45, 2.75) is 25.7 Å². The second-order valence-corrected chi connectivity index (χ2v) is 7.02. The summed E-state index contributed by atoms with van der Waals surface area (Å²) in [6.45, 7) is 0.801. The van der Waals surface area contributed by atoms with Crippen LogP contribution in [-0.4, -0.2) is 36.7 Å². The molecule has 0 saturated carbocycles. The molecule has 0 unspecified atom stereocenters. The van der Waals surface area contributed by atoms with Crippen LogP contribution in [0.25, 0.3) is 0 Å². The molecule has 2 aromatic rings. The van der Waals surface area contributed by atoms with Crippen LogP contribution in [0.15, 0.2) is 48.5 Å². The topological polar surface area (TPSA) is 122 Å². The molecular formula is C22H24N4O4. The lowest BCUT2D eigenvalue weighted by Crippen LogP contribution is -2.35. The van der Waals surface area contributed by atoms with Crippen LogP contribution in [0, 0.1) is 0 Å². The normalized spacial score (nSPS) is 13.6. The number of anilines is 2. The van der Waals surface area contributed by atoms with Gasteiger partial charge in [0.25, 0.3) is 11.8 Å². The number of hydrogen-bond donors (Lipinski definition) is 3. The minimum absolute atomic E-state index is 0.0339. The Hall–Kier alpha value is -3.68.